The molecule has 23 heavy (non-hydrogen) atoms. The summed E-state index contributed by atoms with van der Waals surface area (Å²) < 4.78 is 0. The summed E-state index contributed by atoms with van der Waals surface area (Å²) in [4.78, 5) is 0. The van der Waals surface area contributed by atoms with Gasteiger partial charge < -0.3 is 5.73 Å². The Morgan fingerprint density at radius 1 is 0.696 bits per heavy atom. The third-order valence-electron chi connectivity index (χ3n) is 4.66. The molecule has 0 bridgehead atoms. The molecule has 0 saturated heterocycles. The van der Waals surface area contributed by atoms with Crippen LogP contribution >= 0.6 is 0 Å². The second kappa shape index (κ2) is 19.7. The van der Waals surface area contributed by atoms with Crippen LogP contribution in [0.15, 0.2) is 12.7 Å². The van der Waals surface area contributed by atoms with E-state index < -0.39 is 0 Å². The van der Waals surface area contributed by atoms with Crippen molar-refractivity contribution in [3.63, 3.8) is 0 Å². The van der Waals surface area contributed by atoms with E-state index in [9.17, 15) is 0 Å². The molecule has 0 aromatic rings. The fourth-order valence-electron chi connectivity index (χ4n) is 3.03. The Hall–Kier alpha value is -0.340. The van der Waals surface area contributed by atoms with Crippen molar-refractivity contribution in [1.29, 1.82) is 0 Å². The molecule has 1 unspecified atom stereocenters. The predicted molar refractivity (Wildman–Crippen MR) is 106 cm³/mol. The van der Waals surface area contributed by atoms with Crippen LogP contribution in [-0.2, 0) is 0 Å². The average molecular weight is 325 g/mol. The van der Waals surface area contributed by atoms with Crippen LogP contribution in [0.2, 0.25) is 0 Å². The molecule has 0 aliphatic carbocycles. The van der Waals surface area contributed by atoms with Gasteiger partial charge in [-0.05, 0) is 13.0 Å². The van der Waals surface area contributed by atoms with Crippen molar-refractivity contribution in [2.24, 2.45) is 5.73 Å². The SMILES string of the molecule is C=CC(N)NCCCCCCCCCCCCCCCCCC. The minimum atomic E-state index is -0.0358. The Balaban J connectivity index is 2.99. The number of rotatable bonds is 19. The first-order valence-electron chi connectivity index (χ1n) is 10.4. The van der Waals surface area contributed by atoms with Crippen molar-refractivity contribution in [3.8, 4) is 0 Å². The van der Waals surface area contributed by atoms with Gasteiger partial charge in [0, 0.05) is 0 Å². The van der Waals surface area contributed by atoms with E-state index in [4.69, 9.17) is 5.73 Å². The zero-order chi connectivity index (χ0) is 17.0. The van der Waals surface area contributed by atoms with E-state index in [1.54, 1.807) is 6.08 Å². The van der Waals surface area contributed by atoms with Gasteiger partial charge in [0.05, 0.1) is 6.17 Å². The van der Waals surface area contributed by atoms with Crippen molar-refractivity contribution in [2.75, 3.05) is 6.54 Å². The maximum absolute atomic E-state index is 5.71. The van der Waals surface area contributed by atoms with Gasteiger partial charge in [-0.1, -0.05) is 109 Å². The molecule has 3 N–H and O–H groups in total. The molecule has 0 fully saturated rings. The molecule has 0 radical (unpaired) electrons. The average Bonchev–Trinajstić information content (AvgIpc) is 2.57. The molecule has 0 aliphatic heterocycles. The Bertz CT molecular complexity index is 228. The van der Waals surface area contributed by atoms with Crippen molar-refractivity contribution in [2.45, 2.75) is 116 Å². The van der Waals surface area contributed by atoms with E-state index in [0.29, 0.717) is 0 Å². The number of nitrogens with one attached hydrogen (secondary N) is 1. The van der Waals surface area contributed by atoms with E-state index in [1.807, 2.05) is 0 Å². The molecule has 2 heteroatoms. The van der Waals surface area contributed by atoms with Crippen molar-refractivity contribution in [1.82, 2.24) is 5.32 Å². The molecule has 0 aromatic carbocycles. The highest BCUT2D eigenvalue weighted by atomic mass is 15.0. The highest BCUT2D eigenvalue weighted by Gasteiger charge is 1.96. The highest BCUT2D eigenvalue weighted by molar-refractivity contribution is 4.79. The van der Waals surface area contributed by atoms with Crippen LogP contribution in [-0.4, -0.2) is 12.7 Å². The van der Waals surface area contributed by atoms with Crippen molar-refractivity contribution in [3.05, 3.63) is 12.7 Å². The molecule has 138 valence electrons. The molecule has 0 rings (SSSR count). The number of nitrogens with two attached hydrogens (primary N) is 1. The summed E-state index contributed by atoms with van der Waals surface area (Å²) in [6, 6.07) is 0. The Morgan fingerprint density at radius 3 is 1.39 bits per heavy atom. The molecule has 0 saturated carbocycles. The summed E-state index contributed by atoms with van der Waals surface area (Å²) >= 11 is 0. The molecule has 0 aliphatic rings. The van der Waals surface area contributed by atoms with Gasteiger partial charge in [-0.25, -0.2) is 0 Å². The molecule has 1 atom stereocenters. The van der Waals surface area contributed by atoms with Gasteiger partial charge in [0.1, 0.15) is 0 Å². The summed E-state index contributed by atoms with van der Waals surface area (Å²) in [6.07, 6.45) is 24.4. The molecule has 0 amide bonds. The Morgan fingerprint density at radius 2 is 1.04 bits per heavy atom. The van der Waals surface area contributed by atoms with Crippen LogP contribution in [0.4, 0.5) is 0 Å². The summed E-state index contributed by atoms with van der Waals surface area (Å²) in [5.74, 6) is 0. The minimum absolute atomic E-state index is 0.0358. The molecular formula is C21H44N2. The van der Waals surface area contributed by atoms with E-state index in [0.717, 1.165) is 6.54 Å². The lowest BCUT2D eigenvalue weighted by atomic mass is 10.0. The number of unbranched alkanes of at least 4 members (excludes halogenated alkanes) is 15. The quantitative estimate of drug-likeness (QED) is 0.166. The lowest BCUT2D eigenvalue weighted by molar-refractivity contribution is 0.520. The zero-order valence-electron chi connectivity index (χ0n) is 16.0. The van der Waals surface area contributed by atoms with Crippen LogP contribution in [0.3, 0.4) is 0 Å². The normalized spacial score (nSPS) is 12.4. The standard InChI is InChI=1S/C21H44N2/c1-3-5-6-7-8-9-10-11-12-13-14-15-16-17-18-19-20-23-21(22)4-2/h4,21,23H,2-3,5-20,22H2,1H3. The summed E-state index contributed by atoms with van der Waals surface area (Å²) in [5.41, 5.74) is 5.71. The van der Waals surface area contributed by atoms with E-state index in [-0.39, 0.29) is 6.17 Å². The summed E-state index contributed by atoms with van der Waals surface area (Å²) in [5, 5.41) is 3.24. The Labute approximate surface area is 146 Å². The van der Waals surface area contributed by atoms with Gasteiger partial charge in [0.2, 0.25) is 0 Å². The summed E-state index contributed by atoms with van der Waals surface area (Å²) in [6.45, 7) is 6.98. The molecule has 0 heterocycles. The monoisotopic (exact) mass is 324 g/mol. The maximum Gasteiger partial charge on any atom is 0.0736 e. The van der Waals surface area contributed by atoms with Crippen molar-refractivity contribution < 1.29 is 0 Å². The smallest absolute Gasteiger partial charge is 0.0736 e. The maximum atomic E-state index is 5.71. The van der Waals surface area contributed by atoms with Crippen molar-refractivity contribution >= 4 is 0 Å². The molecule has 0 aromatic heterocycles. The first-order chi connectivity index (χ1) is 11.3. The van der Waals surface area contributed by atoms with Crippen LogP contribution in [0.1, 0.15) is 110 Å². The first kappa shape index (κ1) is 22.7. The van der Waals surface area contributed by atoms with Gasteiger partial charge >= 0.3 is 0 Å². The lowest BCUT2D eigenvalue weighted by Crippen LogP contribution is -2.35. The van der Waals surface area contributed by atoms with Crippen LogP contribution in [0.5, 0.6) is 0 Å². The fourth-order valence-corrected chi connectivity index (χ4v) is 3.03. The Kier molecular flexibility index (Phi) is 19.4. The van der Waals surface area contributed by atoms with E-state index in [1.165, 1.54) is 103 Å². The largest absolute Gasteiger partial charge is 0.313 e. The van der Waals surface area contributed by atoms with E-state index in [2.05, 4.69) is 18.8 Å². The topological polar surface area (TPSA) is 38.0 Å². The second-order valence-electron chi connectivity index (χ2n) is 7.02. The van der Waals surface area contributed by atoms with Gasteiger partial charge in [-0.15, -0.1) is 6.58 Å². The molecule has 0 spiro atoms. The molecule has 2 nitrogen and oxygen atoms in total. The first-order valence-corrected chi connectivity index (χ1v) is 10.4. The third-order valence-corrected chi connectivity index (χ3v) is 4.66. The molecular weight excluding hydrogens is 280 g/mol. The fraction of sp³-hybridized carbons (Fsp3) is 0.905. The second-order valence-corrected chi connectivity index (χ2v) is 7.02. The summed E-state index contributed by atoms with van der Waals surface area (Å²) in [7, 11) is 0. The van der Waals surface area contributed by atoms with Gasteiger partial charge in [0.15, 0.2) is 0 Å². The zero-order valence-corrected chi connectivity index (χ0v) is 16.0. The third kappa shape index (κ3) is 19.6. The van der Waals surface area contributed by atoms with Gasteiger partial charge in [-0.2, -0.15) is 0 Å². The highest BCUT2D eigenvalue weighted by Crippen LogP contribution is 2.13. The predicted octanol–water partition coefficient (Wildman–Crippen LogP) is 6.31. The number of hydrogen-bond donors (Lipinski definition) is 2. The van der Waals surface area contributed by atoms with Crippen LogP contribution in [0.25, 0.3) is 0 Å². The van der Waals surface area contributed by atoms with Crippen LogP contribution < -0.4 is 11.1 Å². The van der Waals surface area contributed by atoms with Crippen LogP contribution in [0, 0.1) is 0 Å². The minimum Gasteiger partial charge on any atom is -0.313 e. The number of hydrogen-bond acceptors (Lipinski definition) is 2. The van der Waals surface area contributed by atoms with Gasteiger partial charge in [0.25, 0.3) is 0 Å². The van der Waals surface area contributed by atoms with Gasteiger partial charge in [-0.3, -0.25) is 5.32 Å². The van der Waals surface area contributed by atoms with E-state index >= 15 is 0 Å². The lowest BCUT2D eigenvalue weighted by Gasteiger charge is -2.08.